The Morgan fingerprint density at radius 3 is 2.32 bits per heavy atom. The molecule has 0 radical (unpaired) electrons. The van der Waals surface area contributed by atoms with Crippen molar-refractivity contribution in [1.29, 1.82) is 0 Å². The van der Waals surface area contributed by atoms with Gasteiger partial charge < -0.3 is 9.63 Å². The third-order valence-corrected chi connectivity index (χ3v) is 3.16. The van der Waals surface area contributed by atoms with Gasteiger partial charge in [0, 0.05) is 11.1 Å². The molecule has 1 aromatic heterocycles. The average molecular weight is 359 g/mol. The van der Waals surface area contributed by atoms with E-state index in [0.29, 0.717) is 5.06 Å². The van der Waals surface area contributed by atoms with Gasteiger partial charge in [0.2, 0.25) is 5.82 Å². The molecule has 0 aliphatic heterocycles. The first-order valence-corrected chi connectivity index (χ1v) is 6.77. The molecule has 1 aromatic carbocycles. The van der Waals surface area contributed by atoms with Crippen LogP contribution in [0.1, 0.15) is 23.2 Å². The van der Waals surface area contributed by atoms with E-state index in [9.17, 15) is 22.8 Å². The van der Waals surface area contributed by atoms with Crippen molar-refractivity contribution in [2.45, 2.75) is 19.1 Å². The Balaban J connectivity index is 2.23. The fourth-order valence-electron chi connectivity index (χ4n) is 1.86. The SMILES string of the molecule is CON(C(=O)c1ccc(-c2noc(C(F)(F)F)n2)cc1)[C@@H](C)C(=O)O. The van der Waals surface area contributed by atoms with Crippen molar-refractivity contribution in [3.8, 4) is 11.4 Å². The van der Waals surface area contributed by atoms with Crippen LogP contribution in [0, 0.1) is 0 Å². The highest BCUT2D eigenvalue weighted by Crippen LogP contribution is 2.29. The number of carbonyl (C=O) groups excluding carboxylic acids is 1. The second-order valence-electron chi connectivity index (χ2n) is 4.83. The zero-order valence-corrected chi connectivity index (χ0v) is 12.9. The molecule has 0 aliphatic rings. The Hall–Kier alpha value is -2.95. The predicted molar refractivity (Wildman–Crippen MR) is 75.0 cm³/mol. The van der Waals surface area contributed by atoms with Gasteiger partial charge >= 0.3 is 18.0 Å². The van der Waals surface area contributed by atoms with E-state index in [-0.39, 0.29) is 17.0 Å². The minimum atomic E-state index is -4.76. The van der Waals surface area contributed by atoms with Gasteiger partial charge in [0.1, 0.15) is 0 Å². The van der Waals surface area contributed by atoms with Gasteiger partial charge in [-0.05, 0) is 19.1 Å². The number of hydrogen-bond donors (Lipinski definition) is 1. The molecule has 2 rings (SSSR count). The Bertz CT molecular complexity index is 773. The van der Waals surface area contributed by atoms with Crippen molar-refractivity contribution in [1.82, 2.24) is 15.2 Å². The number of aromatic nitrogens is 2. The minimum absolute atomic E-state index is 0.0678. The third-order valence-electron chi connectivity index (χ3n) is 3.16. The van der Waals surface area contributed by atoms with E-state index in [0.717, 1.165) is 7.11 Å². The lowest BCUT2D eigenvalue weighted by atomic mass is 10.1. The molecule has 8 nitrogen and oxygen atoms in total. The number of carboxylic acid groups (broad SMARTS) is 1. The van der Waals surface area contributed by atoms with E-state index in [1.165, 1.54) is 31.2 Å². The molecule has 0 fully saturated rings. The highest BCUT2D eigenvalue weighted by molar-refractivity contribution is 5.96. The smallest absolute Gasteiger partial charge is 0.471 e. The van der Waals surface area contributed by atoms with Crippen LogP contribution in [0.25, 0.3) is 11.4 Å². The third kappa shape index (κ3) is 3.94. The fraction of sp³-hybridized carbons (Fsp3) is 0.286. The quantitative estimate of drug-likeness (QED) is 0.816. The Kier molecular flexibility index (Phi) is 5.07. The normalized spacial score (nSPS) is 12.7. The van der Waals surface area contributed by atoms with Crippen molar-refractivity contribution in [2.75, 3.05) is 7.11 Å². The molecule has 25 heavy (non-hydrogen) atoms. The topological polar surface area (TPSA) is 106 Å². The molecule has 0 aliphatic carbocycles. The Morgan fingerprint density at radius 1 is 1.28 bits per heavy atom. The zero-order chi connectivity index (χ0) is 18.8. The molecule has 0 saturated carbocycles. The van der Waals surface area contributed by atoms with Crippen molar-refractivity contribution in [3.05, 3.63) is 35.7 Å². The summed E-state index contributed by atoms with van der Waals surface area (Å²) in [6.07, 6.45) is -4.76. The predicted octanol–water partition coefficient (Wildman–Crippen LogP) is 2.23. The van der Waals surface area contributed by atoms with E-state index in [2.05, 4.69) is 14.7 Å². The molecule has 0 spiro atoms. The van der Waals surface area contributed by atoms with Crippen LogP contribution in [0.5, 0.6) is 0 Å². The molecule has 134 valence electrons. The Morgan fingerprint density at radius 2 is 1.88 bits per heavy atom. The molecular formula is C14H12F3N3O5. The van der Waals surface area contributed by atoms with Crippen molar-refractivity contribution >= 4 is 11.9 Å². The first kappa shape index (κ1) is 18.4. The highest BCUT2D eigenvalue weighted by atomic mass is 19.4. The summed E-state index contributed by atoms with van der Waals surface area (Å²) >= 11 is 0. The zero-order valence-electron chi connectivity index (χ0n) is 12.9. The van der Waals surface area contributed by atoms with Gasteiger partial charge in [0.25, 0.3) is 5.91 Å². The summed E-state index contributed by atoms with van der Waals surface area (Å²) in [5, 5.41) is 12.8. The first-order chi connectivity index (χ1) is 11.6. The van der Waals surface area contributed by atoms with Crippen LogP contribution in [0.3, 0.4) is 0 Å². The number of nitrogens with zero attached hydrogens (tertiary/aromatic N) is 3. The van der Waals surface area contributed by atoms with E-state index in [1.807, 2.05) is 0 Å². The second kappa shape index (κ2) is 6.89. The summed E-state index contributed by atoms with van der Waals surface area (Å²) in [7, 11) is 1.14. The van der Waals surface area contributed by atoms with Crippen LogP contribution < -0.4 is 0 Å². The largest absolute Gasteiger partial charge is 0.480 e. The number of alkyl halides is 3. The van der Waals surface area contributed by atoms with Crippen LogP contribution >= 0.6 is 0 Å². The van der Waals surface area contributed by atoms with Crippen LogP contribution in [-0.4, -0.2) is 45.3 Å². The first-order valence-electron chi connectivity index (χ1n) is 6.77. The summed E-state index contributed by atoms with van der Waals surface area (Å²) in [4.78, 5) is 31.2. The number of halogens is 3. The number of carboxylic acids is 1. The van der Waals surface area contributed by atoms with Gasteiger partial charge in [-0.3, -0.25) is 9.63 Å². The molecule has 1 amide bonds. The second-order valence-corrected chi connectivity index (χ2v) is 4.83. The maximum absolute atomic E-state index is 12.4. The summed E-state index contributed by atoms with van der Waals surface area (Å²) in [6, 6.07) is 3.93. The summed E-state index contributed by atoms with van der Waals surface area (Å²) in [5.41, 5.74) is 0.254. The average Bonchev–Trinajstić information content (AvgIpc) is 3.05. The van der Waals surface area contributed by atoms with Crippen LogP contribution in [0.4, 0.5) is 13.2 Å². The van der Waals surface area contributed by atoms with Gasteiger partial charge in [-0.25, -0.2) is 9.86 Å². The Labute approximate surface area is 138 Å². The van der Waals surface area contributed by atoms with Crippen LogP contribution in [0.2, 0.25) is 0 Å². The summed E-state index contributed by atoms with van der Waals surface area (Å²) < 4.78 is 41.5. The molecule has 1 atom stereocenters. The van der Waals surface area contributed by atoms with Gasteiger partial charge in [-0.2, -0.15) is 18.2 Å². The summed E-state index contributed by atoms with van der Waals surface area (Å²) in [6.45, 7) is 1.26. The van der Waals surface area contributed by atoms with Crippen LogP contribution in [0.15, 0.2) is 28.8 Å². The lowest BCUT2D eigenvalue weighted by Gasteiger charge is -2.23. The number of amides is 1. The molecule has 0 unspecified atom stereocenters. The van der Waals surface area contributed by atoms with E-state index < -0.39 is 30.0 Å². The maximum atomic E-state index is 12.4. The number of carbonyl (C=O) groups is 2. The standard InChI is InChI=1S/C14H12F3N3O5/c1-7(12(22)23)20(24-2)11(21)9-5-3-8(4-6-9)10-18-13(25-19-10)14(15,16)17/h3-7H,1-2H3,(H,22,23)/t7-/m0/s1. The number of aliphatic carboxylic acids is 1. The monoisotopic (exact) mass is 359 g/mol. The van der Waals surface area contributed by atoms with Gasteiger partial charge in [0.15, 0.2) is 6.04 Å². The fourth-order valence-corrected chi connectivity index (χ4v) is 1.86. The summed E-state index contributed by atoms with van der Waals surface area (Å²) in [5.74, 6) is -3.77. The number of hydroxylamine groups is 2. The van der Waals surface area contributed by atoms with Gasteiger partial charge in [-0.1, -0.05) is 17.3 Å². The molecule has 1 N–H and O–H groups in total. The van der Waals surface area contributed by atoms with Crippen molar-refractivity contribution < 1.29 is 37.2 Å². The molecule has 2 aromatic rings. The molecule has 11 heteroatoms. The lowest BCUT2D eigenvalue weighted by Crippen LogP contribution is -2.42. The van der Waals surface area contributed by atoms with Gasteiger partial charge in [0.05, 0.1) is 7.11 Å². The molecule has 1 heterocycles. The minimum Gasteiger partial charge on any atom is -0.480 e. The molecule has 0 saturated heterocycles. The van der Waals surface area contributed by atoms with E-state index >= 15 is 0 Å². The van der Waals surface area contributed by atoms with Crippen molar-refractivity contribution in [3.63, 3.8) is 0 Å². The van der Waals surface area contributed by atoms with E-state index in [4.69, 9.17) is 9.94 Å². The molecule has 0 bridgehead atoms. The number of rotatable bonds is 5. The number of benzene rings is 1. The van der Waals surface area contributed by atoms with Crippen molar-refractivity contribution in [2.24, 2.45) is 0 Å². The van der Waals surface area contributed by atoms with Crippen LogP contribution in [-0.2, 0) is 15.8 Å². The molecular weight excluding hydrogens is 347 g/mol. The van der Waals surface area contributed by atoms with E-state index in [1.54, 1.807) is 0 Å². The van der Waals surface area contributed by atoms with Gasteiger partial charge in [-0.15, -0.1) is 0 Å². The lowest BCUT2D eigenvalue weighted by molar-refractivity contribution is -0.163. The number of hydrogen-bond acceptors (Lipinski definition) is 6. The highest BCUT2D eigenvalue weighted by Gasteiger charge is 2.38. The maximum Gasteiger partial charge on any atom is 0.471 e.